The third-order valence-electron chi connectivity index (χ3n) is 4.86. The van der Waals surface area contributed by atoms with Crippen molar-refractivity contribution in [2.24, 2.45) is 11.8 Å². The Morgan fingerprint density at radius 3 is 2.58 bits per heavy atom. The second-order valence-corrected chi connectivity index (χ2v) is 7.99. The van der Waals surface area contributed by atoms with Gasteiger partial charge >= 0.3 is 6.09 Å². The number of hydrogen-bond donors (Lipinski definition) is 1. The smallest absolute Gasteiger partial charge is 0.407 e. The number of ether oxygens (including phenoxy) is 1. The summed E-state index contributed by atoms with van der Waals surface area (Å²) in [4.78, 5) is 14.3. The van der Waals surface area contributed by atoms with E-state index < -0.39 is 5.60 Å². The molecule has 1 amide bonds. The van der Waals surface area contributed by atoms with Crippen molar-refractivity contribution < 1.29 is 9.53 Å². The van der Waals surface area contributed by atoms with E-state index in [4.69, 9.17) is 4.74 Å². The molecule has 0 bridgehead atoms. The molecule has 1 aliphatic rings. The number of benzene rings is 1. The van der Waals surface area contributed by atoms with Gasteiger partial charge in [-0.3, -0.25) is 4.90 Å². The van der Waals surface area contributed by atoms with Gasteiger partial charge in [0.1, 0.15) is 5.60 Å². The summed E-state index contributed by atoms with van der Waals surface area (Å²) < 4.78 is 5.31. The molecule has 3 atom stereocenters. The molecule has 1 heterocycles. The van der Waals surface area contributed by atoms with E-state index in [1.165, 1.54) is 12.0 Å². The van der Waals surface area contributed by atoms with Gasteiger partial charge < -0.3 is 10.1 Å². The van der Waals surface area contributed by atoms with Crippen LogP contribution in [-0.2, 0) is 4.74 Å². The molecular weight excluding hydrogens is 300 g/mol. The van der Waals surface area contributed by atoms with Crippen LogP contribution in [0.2, 0.25) is 0 Å². The molecule has 4 nitrogen and oxygen atoms in total. The topological polar surface area (TPSA) is 41.6 Å². The normalized spacial score (nSPS) is 21.3. The Labute approximate surface area is 146 Å². The van der Waals surface area contributed by atoms with Crippen LogP contribution < -0.4 is 5.32 Å². The number of nitrogens with zero attached hydrogens (tertiary/aromatic N) is 1. The first-order chi connectivity index (χ1) is 11.3. The predicted molar refractivity (Wildman–Crippen MR) is 97.9 cm³/mol. The Balaban J connectivity index is 1.79. The van der Waals surface area contributed by atoms with E-state index in [0.29, 0.717) is 24.4 Å². The van der Waals surface area contributed by atoms with Gasteiger partial charge in [0.25, 0.3) is 0 Å². The minimum absolute atomic E-state index is 0.318. The lowest BCUT2D eigenvalue weighted by Crippen LogP contribution is -2.36. The van der Waals surface area contributed by atoms with E-state index in [0.717, 1.165) is 13.1 Å². The molecule has 1 N–H and O–H groups in total. The summed E-state index contributed by atoms with van der Waals surface area (Å²) in [5, 5.41) is 2.91. The highest BCUT2D eigenvalue weighted by Gasteiger charge is 2.30. The lowest BCUT2D eigenvalue weighted by Gasteiger charge is -2.26. The summed E-state index contributed by atoms with van der Waals surface area (Å²) >= 11 is 0. The molecule has 0 spiro atoms. The van der Waals surface area contributed by atoms with Gasteiger partial charge in [-0.15, -0.1) is 0 Å². The maximum absolute atomic E-state index is 11.8. The van der Waals surface area contributed by atoms with Crippen molar-refractivity contribution in [2.75, 3.05) is 19.6 Å². The molecule has 1 saturated heterocycles. The van der Waals surface area contributed by atoms with Crippen molar-refractivity contribution in [3.8, 4) is 0 Å². The van der Waals surface area contributed by atoms with Gasteiger partial charge in [-0.2, -0.15) is 0 Å². The van der Waals surface area contributed by atoms with Gasteiger partial charge in [-0.05, 0) is 58.1 Å². The highest BCUT2D eigenvalue weighted by molar-refractivity contribution is 5.67. The molecule has 1 fully saturated rings. The third kappa shape index (κ3) is 5.52. The van der Waals surface area contributed by atoms with Crippen LogP contribution >= 0.6 is 0 Å². The molecule has 0 saturated carbocycles. The average Bonchev–Trinajstić information content (AvgIpc) is 3.01. The van der Waals surface area contributed by atoms with E-state index in [9.17, 15) is 4.79 Å². The summed E-state index contributed by atoms with van der Waals surface area (Å²) in [5.74, 6) is 1.07. The molecular formula is C20H32N2O2. The van der Waals surface area contributed by atoms with Crippen molar-refractivity contribution >= 4 is 6.09 Å². The highest BCUT2D eigenvalue weighted by atomic mass is 16.6. The number of nitrogens with one attached hydrogen (secondary N) is 1. The van der Waals surface area contributed by atoms with Crippen LogP contribution in [0.4, 0.5) is 4.79 Å². The molecule has 4 heteroatoms. The fourth-order valence-electron chi connectivity index (χ4n) is 3.30. The van der Waals surface area contributed by atoms with Crippen molar-refractivity contribution in [3.05, 3.63) is 35.9 Å². The molecule has 1 aromatic carbocycles. The maximum Gasteiger partial charge on any atom is 0.407 e. The second-order valence-electron chi connectivity index (χ2n) is 7.99. The van der Waals surface area contributed by atoms with Gasteiger partial charge in [0.05, 0.1) is 0 Å². The Bertz CT molecular complexity index is 524. The molecule has 0 radical (unpaired) electrons. The number of likely N-dealkylation sites (tertiary alicyclic amines) is 1. The summed E-state index contributed by atoms with van der Waals surface area (Å²) in [7, 11) is 0. The molecule has 1 unspecified atom stereocenters. The number of rotatable bonds is 5. The van der Waals surface area contributed by atoms with Crippen LogP contribution in [0.15, 0.2) is 30.3 Å². The van der Waals surface area contributed by atoms with Crippen molar-refractivity contribution in [1.82, 2.24) is 10.2 Å². The van der Waals surface area contributed by atoms with Crippen LogP contribution in [0.5, 0.6) is 0 Å². The van der Waals surface area contributed by atoms with E-state index in [-0.39, 0.29) is 6.09 Å². The zero-order valence-electron chi connectivity index (χ0n) is 15.7. The van der Waals surface area contributed by atoms with Crippen LogP contribution in [0.3, 0.4) is 0 Å². The van der Waals surface area contributed by atoms with Crippen LogP contribution in [0.25, 0.3) is 0 Å². The molecule has 0 aromatic heterocycles. The van der Waals surface area contributed by atoms with E-state index in [1.807, 2.05) is 20.8 Å². The predicted octanol–water partition coefficient (Wildman–Crippen LogP) is 4.23. The molecule has 1 aliphatic heterocycles. The fourth-order valence-corrected chi connectivity index (χ4v) is 3.30. The van der Waals surface area contributed by atoms with Crippen molar-refractivity contribution in [1.29, 1.82) is 0 Å². The molecule has 2 rings (SSSR count). The minimum Gasteiger partial charge on any atom is -0.444 e. The van der Waals surface area contributed by atoms with Crippen molar-refractivity contribution in [2.45, 2.75) is 52.7 Å². The Kier molecular flexibility index (Phi) is 6.27. The summed E-state index contributed by atoms with van der Waals surface area (Å²) in [5.41, 5.74) is 0.931. The second kappa shape index (κ2) is 8.02. The average molecular weight is 332 g/mol. The lowest BCUT2D eigenvalue weighted by molar-refractivity contribution is 0.0515. The molecule has 134 valence electrons. The highest BCUT2D eigenvalue weighted by Crippen LogP contribution is 2.30. The third-order valence-corrected chi connectivity index (χ3v) is 4.86. The number of carbonyl (C=O) groups is 1. The van der Waals surface area contributed by atoms with Crippen molar-refractivity contribution in [3.63, 3.8) is 0 Å². The number of carbonyl (C=O) groups excluding carboxylic acids is 1. The quantitative estimate of drug-likeness (QED) is 0.877. The largest absolute Gasteiger partial charge is 0.444 e. The standard InChI is InChI=1S/C20H32N2O2/c1-15(13-21-19(23)24-20(3,4)5)18-11-12-22(14-18)16(2)17-9-7-6-8-10-17/h6-10,15-16,18H,11-14H2,1-5H3,(H,21,23)/t15?,16-,18-/m0/s1. The maximum atomic E-state index is 11.8. The van der Waals surface area contributed by atoms with E-state index >= 15 is 0 Å². The number of amides is 1. The Morgan fingerprint density at radius 1 is 1.29 bits per heavy atom. The Hall–Kier alpha value is -1.55. The lowest BCUT2D eigenvalue weighted by atomic mass is 9.93. The van der Waals surface area contributed by atoms with Crippen LogP contribution in [-0.4, -0.2) is 36.2 Å². The zero-order chi connectivity index (χ0) is 17.7. The number of alkyl carbamates (subject to hydrolysis) is 1. The monoisotopic (exact) mass is 332 g/mol. The van der Waals surface area contributed by atoms with Gasteiger partial charge in [0.15, 0.2) is 0 Å². The first kappa shape index (κ1) is 18.8. The fraction of sp³-hybridized carbons (Fsp3) is 0.650. The molecule has 0 aliphatic carbocycles. The van der Waals surface area contributed by atoms with Gasteiger partial charge in [0.2, 0.25) is 0 Å². The SMILES string of the molecule is CC(CNC(=O)OC(C)(C)C)[C@H]1CCN([C@@H](C)c2ccccc2)C1. The van der Waals surface area contributed by atoms with E-state index in [1.54, 1.807) is 0 Å². The molecule has 1 aromatic rings. The van der Waals surface area contributed by atoms with Crippen LogP contribution in [0, 0.1) is 11.8 Å². The summed E-state index contributed by atoms with van der Waals surface area (Å²) in [6.45, 7) is 13.0. The zero-order valence-corrected chi connectivity index (χ0v) is 15.7. The molecule has 24 heavy (non-hydrogen) atoms. The summed E-state index contributed by atoms with van der Waals surface area (Å²) in [6, 6.07) is 11.1. The van der Waals surface area contributed by atoms with Gasteiger partial charge in [-0.1, -0.05) is 37.3 Å². The Morgan fingerprint density at radius 2 is 1.96 bits per heavy atom. The first-order valence-electron chi connectivity index (χ1n) is 9.02. The first-order valence-corrected chi connectivity index (χ1v) is 9.02. The van der Waals surface area contributed by atoms with Gasteiger partial charge in [-0.25, -0.2) is 4.79 Å². The van der Waals surface area contributed by atoms with Gasteiger partial charge in [0, 0.05) is 19.1 Å². The van der Waals surface area contributed by atoms with Crippen LogP contribution in [0.1, 0.15) is 52.6 Å². The minimum atomic E-state index is -0.442. The van der Waals surface area contributed by atoms with E-state index in [2.05, 4.69) is 54.4 Å². The number of hydrogen-bond acceptors (Lipinski definition) is 3. The summed E-state index contributed by atoms with van der Waals surface area (Å²) in [6.07, 6.45) is 0.871.